The predicted octanol–water partition coefficient (Wildman–Crippen LogP) is 2.35. The number of pyridine rings is 1. The van der Waals surface area contributed by atoms with Gasteiger partial charge in [-0.25, -0.2) is 0 Å². The molecule has 1 unspecified atom stereocenters. The highest BCUT2D eigenvalue weighted by atomic mass is 16.5. The number of hydrogen-bond acceptors (Lipinski definition) is 5. The number of amides is 1. The maximum absolute atomic E-state index is 13.6. The number of carbonyl (C=O) groups excluding carboxylic acids is 1. The lowest BCUT2D eigenvalue weighted by molar-refractivity contribution is -0.152. The normalized spacial score (nSPS) is 32.2. The molecule has 6 nitrogen and oxygen atoms in total. The smallest absolute Gasteiger partial charge is 0.243 e. The zero-order chi connectivity index (χ0) is 18.9. The van der Waals surface area contributed by atoms with E-state index < -0.39 is 0 Å². The van der Waals surface area contributed by atoms with Crippen molar-refractivity contribution in [3.05, 3.63) is 24.0 Å². The molecule has 1 N–H and O–H groups in total. The number of carbonyl (C=O) groups is 1. The Morgan fingerprint density at radius 1 is 1.22 bits per heavy atom. The number of nitrogens with zero attached hydrogens (tertiary/aromatic N) is 3. The van der Waals surface area contributed by atoms with Gasteiger partial charge in [-0.15, -0.1) is 0 Å². The molecule has 1 aromatic rings. The fourth-order valence-electron chi connectivity index (χ4n) is 5.29. The van der Waals surface area contributed by atoms with E-state index in [0.29, 0.717) is 18.5 Å². The average molecular weight is 373 g/mol. The molecule has 148 valence electrons. The Labute approximate surface area is 161 Å². The topological polar surface area (TPSA) is 65.9 Å². The Balaban J connectivity index is 1.52. The summed E-state index contributed by atoms with van der Waals surface area (Å²) in [6, 6.07) is 4.13. The minimum absolute atomic E-state index is 0.183. The molecule has 2 aliphatic heterocycles. The Kier molecular flexibility index (Phi) is 5.37. The molecule has 1 spiro atoms. The Morgan fingerprint density at radius 3 is 2.70 bits per heavy atom. The van der Waals surface area contributed by atoms with E-state index in [1.54, 1.807) is 13.3 Å². The van der Waals surface area contributed by atoms with E-state index in [4.69, 9.17) is 4.74 Å². The molecule has 1 saturated carbocycles. The third kappa shape index (κ3) is 3.57. The average Bonchev–Trinajstić information content (AvgIpc) is 3.08. The fourth-order valence-corrected chi connectivity index (χ4v) is 5.29. The van der Waals surface area contributed by atoms with Crippen molar-refractivity contribution in [2.75, 3.05) is 20.2 Å². The first-order valence-corrected chi connectivity index (χ1v) is 10.4. The van der Waals surface area contributed by atoms with E-state index in [1.165, 1.54) is 0 Å². The van der Waals surface area contributed by atoms with Gasteiger partial charge in [0.25, 0.3) is 0 Å². The van der Waals surface area contributed by atoms with Crippen LogP contribution in [0.4, 0.5) is 0 Å². The largest absolute Gasteiger partial charge is 0.497 e. The van der Waals surface area contributed by atoms with Crippen LogP contribution in [-0.4, -0.2) is 63.7 Å². The zero-order valence-electron chi connectivity index (χ0n) is 16.3. The van der Waals surface area contributed by atoms with E-state index in [-0.39, 0.29) is 11.6 Å². The van der Waals surface area contributed by atoms with Crippen molar-refractivity contribution < 1.29 is 14.6 Å². The highest BCUT2D eigenvalue weighted by molar-refractivity contribution is 5.87. The molecule has 3 aliphatic rings. The van der Waals surface area contributed by atoms with E-state index in [1.807, 2.05) is 12.1 Å². The van der Waals surface area contributed by atoms with Crippen molar-refractivity contribution in [2.24, 2.45) is 0 Å². The van der Waals surface area contributed by atoms with Crippen LogP contribution in [0.5, 0.6) is 5.75 Å². The van der Waals surface area contributed by atoms with Gasteiger partial charge in [0.1, 0.15) is 11.3 Å². The van der Waals surface area contributed by atoms with E-state index >= 15 is 0 Å². The third-order valence-corrected chi connectivity index (χ3v) is 6.76. The molecule has 27 heavy (non-hydrogen) atoms. The molecule has 0 bridgehead atoms. The number of aliphatic hydroxyl groups is 1. The van der Waals surface area contributed by atoms with Crippen LogP contribution in [0.1, 0.15) is 57.1 Å². The van der Waals surface area contributed by atoms with Crippen molar-refractivity contribution in [1.82, 2.24) is 14.8 Å². The number of aliphatic hydroxyl groups excluding tert-OH is 1. The summed E-state index contributed by atoms with van der Waals surface area (Å²) in [5.74, 6) is 1.13. The van der Waals surface area contributed by atoms with Crippen LogP contribution in [0.3, 0.4) is 0 Å². The maximum Gasteiger partial charge on any atom is 0.243 e. The molecule has 4 rings (SSSR count). The highest BCUT2D eigenvalue weighted by Gasteiger charge is 2.52. The zero-order valence-corrected chi connectivity index (χ0v) is 16.3. The molecule has 3 fully saturated rings. The highest BCUT2D eigenvalue weighted by Crippen LogP contribution is 2.41. The second-order valence-corrected chi connectivity index (χ2v) is 8.31. The lowest BCUT2D eigenvalue weighted by Crippen LogP contribution is -2.62. The lowest BCUT2D eigenvalue weighted by atomic mass is 9.82. The van der Waals surface area contributed by atoms with Gasteiger partial charge in [-0.05, 0) is 64.0 Å². The molecular weight excluding hydrogens is 342 g/mol. The van der Waals surface area contributed by atoms with Crippen molar-refractivity contribution in [3.8, 4) is 5.75 Å². The first kappa shape index (κ1) is 18.7. The van der Waals surface area contributed by atoms with Gasteiger partial charge in [0.2, 0.25) is 5.91 Å². The molecule has 3 heterocycles. The molecular formula is C21H31N3O3. The number of aromatic nitrogens is 1. The van der Waals surface area contributed by atoms with Crippen molar-refractivity contribution in [2.45, 2.75) is 75.6 Å². The first-order valence-electron chi connectivity index (χ1n) is 10.4. The Bertz CT molecular complexity index is 674. The molecule has 2 saturated heterocycles. The van der Waals surface area contributed by atoms with E-state index in [9.17, 15) is 9.90 Å². The summed E-state index contributed by atoms with van der Waals surface area (Å²) in [4.78, 5) is 22.6. The van der Waals surface area contributed by atoms with E-state index in [0.717, 1.165) is 75.9 Å². The second kappa shape index (κ2) is 7.76. The molecule has 1 amide bonds. The van der Waals surface area contributed by atoms with E-state index in [2.05, 4.69) is 14.8 Å². The van der Waals surface area contributed by atoms with Crippen molar-refractivity contribution in [1.29, 1.82) is 0 Å². The number of hydrogen-bond donors (Lipinski definition) is 1. The van der Waals surface area contributed by atoms with Crippen molar-refractivity contribution >= 4 is 5.91 Å². The number of rotatable bonds is 4. The maximum atomic E-state index is 13.6. The van der Waals surface area contributed by atoms with Gasteiger partial charge in [0.15, 0.2) is 0 Å². The summed E-state index contributed by atoms with van der Waals surface area (Å²) in [6.07, 6.45) is 9.11. The molecule has 0 aromatic carbocycles. The molecule has 1 atom stereocenters. The van der Waals surface area contributed by atoms with Gasteiger partial charge in [-0.3, -0.25) is 14.7 Å². The fraction of sp³-hybridized carbons (Fsp3) is 0.714. The van der Waals surface area contributed by atoms with Crippen LogP contribution in [0.15, 0.2) is 18.3 Å². The predicted molar refractivity (Wildman–Crippen MR) is 102 cm³/mol. The monoisotopic (exact) mass is 373 g/mol. The summed E-state index contributed by atoms with van der Waals surface area (Å²) in [5, 5.41) is 9.82. The van der Waals surface area contributed by atoms with Gasteiger partial charge in [-0.2, -0.15) is 0 Å². The minimum atomic E-state index is -0.362. The van der Waals surface area contributed by atoms with Crippen molar-refractivity contribution in [3.63, 3.8) is 0 Å². The molecule has 1 aliphatic carbocycles. The minimum Gasteiger partial charge on any atom is -0.497 e. The number of ether oxygens (including phenoxy) is 1. The first-order chi connectivity index (χ1) is 13.1. The summed E-state index contributed by atoms with van der Waals surface area (Å²) in [6.45, 7) is 2.51. The number of methoxy groups -OCH3 is 1. The third-order valence-electron chi connectivity index (χ3n) is 6.76. The van der Waals surface area contributed by atoms with Crippen LogP contribution in [0, 0.1) is 0 Å². The lowest BCUT2D eigenvalue weighted by Gasteiger charge is -2.48. The van der Waals surface area contributed by atoms with Crippen LogP contribution >= 0.6 is 0 Å². The summed E-state index contributed by atoms with van der Waals surface area (Å²) in [7, 11) is 1.67. The SMILES string of the molecule is COc1ccnc(CN2CCCC23CCCN(C2CCC(O)CC2)C3=O)c1. The Morgan fingerprint density at radius 2 is 1.96 bits per heavy atom. The van der Waals surface area contributed by atoms with Crippen LogP contribution in [0.2, 0.25) is 0 Å². The van der Waals surface area contributed by atoms with Gasteiger partial charge in [0.05, 0.1) is 18.9 Å². The molecule has 1 aromatic heterocycles. The quantitative estimate of drug-likeness (QED) is 0.878. The molecule has 0 radical (unpaired) electrons. The van der Waals surface area contributed by atoms with Gasteiger partial charge in [-0.1, -0.05) is 0 Å². The van der Waals surface area contributed by atoms with Gasteiger partial charge < -0.3 is 14.7 Å². The molecule has 6 heteroatoms. The summed E-state index contributed by atoms with van der Waals surface area (Å²) >= 11 is 0. The Hall–Kier alpha value is -1.66. The standard InChI is InChI=1S/C21H31N3O3/c1-27-19-8-11-22-16(14-19)15-23-12-2-9-21(23)10-3-13-24(20(21)26)17-4-6-18(25)7-5-17/h8,11,14,17-18,25H,2-7,9-10,12-13,15H2,1H3. The number of likely N-dealkylation sites (tertiary alicyclic amines) is 2. The summed E-state index contributed by atoms with van der Waals surface area (Å²) in [5.41, 5.74) is 0.598. The van der Waals surface area contributed by atoms with Crippen LogP contribution < -0.4 is 4.74 Å². The summed E-state index contributed by atoms with van der Waals surface area (Å²) < 4.78 is 5.33. The van der Waals surface area contributed by atoms with Crippen LogP contribution in [0.25, 0.3) is 0 Å². The number of piperidine rings is 1. The van der Waals surface area contributed by atoms with Gasteiger partial charge in [0, 0.05) is 31.4 Å². The second-order valence-electron chi connectivity index (χ2n) is 8.31. The van der Waals surface area contributed by atoms with Gasteiger partial charge >= 0.3 is 0 Å². The van der Waals surface area contributed by atoms with Crippen LogP contribution in [-0.2, 0) is 11.3 Å².